The number of nitrogens with one attached hydrogen (secondary N) is 1. The highest BCUT2D eigenvalue weighted by atomic mass is 32.2. The van der Waals surface area contributed by atoms with Gasteiger partial charge in [-0.2, -0.15) is 0 Å². The first kappa shape index (κ1) is 17.1. The van der Waals surface area contributed by atoms with E-state index in [1.54, 1.807) is 24.5 Å². The van der Waals surface area contributed by atoms with Crippen LogP contribution >= 0.6 is 0 Å². The Morgan fingerprint density at radius 2 is 2.08 bits per heavy atom. The van der Waals surface area contributed by atoms with Crippen LogP contribution in [-0.4, -0.2) is 18.9 Å². The number of pyridine rings is 1. The molecule has 1 heterocycles. The van der Waals surface area contributed by atoms with E-state index in [0.29, 0.717) is 11.6 Å². The molecule has 0 aliphatic heterocycles. The molecule has 4 atom stereocenters. The van der Waals surface area contributed by atoms with Crippen molar-refractivity contribution in [2.75, 3.05) is 4.72 Å². The molecular formula is C18H21N2O3S-. The standard InChI is InChI=1S/C18H22N2O3S/c21-18(16-2-1-9-19-12-16)15-6-3-14(11-15)10-13-4-7-17(8-5-13)20-24(22)23/h1-2,4-5,7-9,12,14-15,18,20-21H,3,6,10-11H2,(H,22,23)/p-1/t14?,15-,18-/m0/s1. The summed E-state index contributed by atoms with van der Waals surface area (Å²) in [6.07, 6.45) is 7.10. The van der Waals surface area contributed by atoms with Crippen LogP contribution in [0.15, 0.2) is 48.8 Å². The average molecular weight is 345 g/mol. The lowest BCUT2D eigenvalue weighted by molar-refractivity contribution is 0.109. The van der Waals surface area contributed by atoms with E-state index in [0.717, 1.165) is 31.2 Å². The maximum absolute atomic E-state index is 10.6. The lowest BCUT2D eigenvalue weighted by Gasteiger charge is -2.18. The van der Waals surface area contributed by atoms with Gasteiger partial charge in [-0.05, 0) is 66.8 Å². The molecule has 0 radical (unpaired) electrons. The van der Waals surface area contributed by atoms with Crippen LogP contribution in [0.3, 0.4) is 0 Å². The molecule has 6 heteroatoms. The van der Waals surface area contributed by atoms with Gasteiger partial charge in [-0.1, -0.05) is 18.2 Å². The molecule has 1 aromatic heterocycles. The van der Waals surface area contributed by atoms with Crippen molar-refractivity contribution in [2.24, 2.45) is 11.8 Å². The molecule has 0 spiro atoms. The molecule has 24 heavy (non-hydrogen) atoms. The second kappa shape index (κ2) is 7.88. The molecule has 2 unspecified atom stereocenters. The van der Waals surface area contributed by atoms with Crippen LogP contribution in [0.5, 0.6) is 0 Å². The highest BCUT2D eigenvalue weighted by molar-refractivity contribution is 7.80. The van der Waals surface area contributed by atoms with E-state index in [1.165, 1.54) is 5.56 Å². The molecule has 3 rings (SSSR count). The minimum atomic E-state index is -2.29. The number of benzene rings is 1. The summed E-state index contributed by atoms with van der Waals surface area (Å²) in [5.41, 5.74) is 2.66. The number of aliphatic hydroxyl groups is 1. The van der Waals surface area contributed by atoms with Gasteiger partial charge in [0, 0.05) is 29.3 Å². The number of nitrogens with zero attached hydrogens (tertiary/aromatic N) is 1. The molecule has 2 N–H and O–H groups in total. The molecule has 0 bridgehead atoms. The van der Waals surface area contributed by atoms with Crippen molar-refractivity contribution in [3.05, 3.63) is 59.9 Å². The summed E-state index contributed by atoms with van der Waals surface area (Å²) in [6, 6.07) is 11.3. The van der Waals surface area contributed by atoms with Gasteiger partial charge in [0.2, 0.25) is 0 Å². The first-order chi connectivity index (χ1) is 11.6. The predicted octanol–water partition coefficient (Wildman–Crippen LogP) is 2.98. The number of rotatable bonds is 6. The summed E-state index contributed by atoms with van der Waals surface area (Å²) in [5, 5.41) is 10.5. The SMILES string of the molecule is O=S([O-])Nc1ccc(CC2CC[C@H]([C@H](O)c3cccnc3)C2)cc1. The van der Waals surface area contributed by atoms with Crippen molar-refractivity contribution in [3.8, 4) is 0 Å². The summed E-state index contributed by atoms with van der Waals surface area (Å²) >= 11 is -2.29. The third kappa shape index (κ3) is 4.41. The number of hydrogen-bond acceptors (Lipinski definition) is 4. The van der Waals surface area contributed by atoms with Gasteiger partial charge >= 0.3 is 0 Å². The summed E-state index contributed by atoms with van der Waals surface area (Å²) in [5.74, 6) is 0.830. The van der Waals surface area contributed by atoms with Gasteiger partial charge in [-0.15, -0.1) is 0 Å². The van der Waals surface area contributed by atoms with Crippen molar-refractivity contribution < 1.29 is 13.9 Å². The monoisotopic (exact) mass is 345 g/mol. The first-order valence-corrected chi connectivity index (χ1v) is 9.22. The molecule has 0 amide bonds. The number of anilines is 1. The Hall–Kier alpha value is -1.76. The third-order valence-corrected chi connectivity index (χ3v) is 5.14. The zero-order chi connectivity index (χ0) is 16.9. The number of aromatic nitrogens is 1. The maximum Gasteiger partial charge on any atom is 0.0833 e. The molecule has 5 nitrogen and oxygen atoms in total. The Bertz CT molecular complexity index is 678. The molecule has 1 aromatic carbocycles. The van der Waals surface area contributed by atoms with Crippen LogP contribution in [0.25, 0.3) is 0 Å². The van der Waals surface area contributed by atoms with Gasteiger partial charge in [-0.3, -0.25) is 9.19 Å². The first-order valence-electron chi connectivity index (χ1n) is 8.14. The highest BCUT2D eigenvalue weighted by Gasteiger charge is 2.30. The Balaban J connectivity index is 1.55. The van der Waals surface area contributed by atoms with Gasteiger partial charge in [-0.25, -0.2) is 0 Å². The van der Waals surface area contributed by atoms with E-state index in [1.807, 2.05) is 24.3 Å². The smallest absolute Gasteiger partial charge is 0.0833 e. The molecule has 128 valence electrons. The number of hydrogen-bond donors (Lipinski definition) is 2. The fourth-order valence-electron chi connectivity index (χ4n) is 3.55. The molecule has 2 aromatic rings. The van der Waals surface area contributed by atoms with Crippen molar-refractivity contribution >= 4 is 17.0 Å². The summed E-state index contributed by atoms with van der Waals surface area (Å²) < 4.78 is 23.6. The van der Waals surface area contributed by atoms with Gasteiger partial charge in [0.15, 0.2) is 0 Å². The van der Waals surface area contributed by atoms with Crippen LogP contribution in [0.1, 0.15) is 36.5 Å². The van der Waals surface area contributed by atoms with Gasteiger partial charge in [0.1, 0.15) is 0 Å². The van der Waals surface area contributed by atoms with Crippen molar-refractivity contribution in [2.45, 2.75) is 31.8 Å². The Kier molecular flexibility index (Phi) is 5.60. The minimum Gasteiger partial charge on any atom is -0.755 e. The fourth-order valence-corrected chi connectivity index (χ4v) is 3.88. The second-order valence-electron chi connectivity index (χ2n) is 6.41. The van der Waals surface area contributed by atoms with Gasteiger partial charge in [0.05, 0.1) is 6.10 Å². The Morgan fingerprint density at radius 3 is 2.75 bits per heavy atom. The van der Waals surface area contributed by atoms with E-state index in [2.05, 4.69) is 9.71 Å². The molecular weight excluding hydrogens is 324 g/mol. The predicted molar refractivity (Wildman–Crippen MR) is 92.7 cm³/mol. The van der Waals surface area contributed by atoms with Crippen molar-refractivity contribution in [3.63, 3.8) is 0 Å². The van der Waals surface area contributed by atoms with Gasteiger partial charge < -0.3 is 14.4 Å². The summed E-state index contributed by atoms with van der Waals surface area (Å²) in [7, 11) is 0. The molecule has 1 aliphatic rings. The topological polar surface area (TPSA) is 85.3 Å². The molecule has 0 saturated heterocycles. The van der Waals surface area contributed by atoms with Crippen molar-refractivity contribution in [1.82, 2.24) is 4.98 Å². The van der Waals surface area contributed by atoms with Crippen LogP contribution < -0.4 is 4.72 Å². The molecule has 1 aliphatic carbocycles. The normalized spacial score (nSPS) is 22.9. The van der Waals surface area contributed by atoms with Crippen LogP contribution in [0.2, 0.25) is 0 Å². The van der Waals surface area contributed by atoms with E-state index in [-0.39, 0.29) is 5.92 Å². The third-order valence-electron chi connectivity index (χ3n) is 4.73. The zero-order valence-electron chi connectivity index (χ0n) is 13.3. The lowest BCUT2D eigenvalue weighted by atomic mass is 9.92. The largest absolute Gasteiger partial charge is 0.755 e. The molecule has 1 saturated carbocycles. The van der Waals surface area contributed by atoms with E-state index < -0.39 is 17.4 Å². The highest BCUT2D eigenvalue weighted by Crippen LogP contribution is 2.40. The summed E-state index contributed by atoms with van der Waals surface area (Å²) in [6.45, 7) is 0. The zero-order valence-corrected chi connectivity index (χ0v) is 14.1. The fraction of sp³-hybridized carbons (Fsp3) is 0.389. The van der Waals surface area contributed by atoms with E-state index in [9.17, 15) is 13.9 Å². The van der Waals surface area contributed by atoms with E-state index in [4.69, 9.17) is 0 Å². The lowest BCUT2D eigenvalue weighted by Crippen LogP contribution is -2.10. The maximum atomic E-state index is 10.6. The minimum absolute atomic E-state index is 0.281. The number of aliphatic hydroxyl groups excluding tert-OH is 1. The van der Waals surface area contributed by atoms with Crippen LogP contribution in [0, 0.1) is 11.8 Å². The second-order valence-corrected chi connectivity index (χ2v) is 7.08. The average Bonchev–Trinajstić information content (AvgIpc) is 3.05. The van der Waals surface area contributed by atoms with Gasteiger partial charge in [0.25, 0.3) is 0 Å². The Morgan fingerprint density at radius 1 is 1.29 bits per heavy atom. The van der Waals surface area contributed by atoms with E-state index >= 15 is 0 Å². The van der Waals surface area contributed by atoms with Crippen LogP contribution in [0.4, 0.5) is 5.69 Å². The molecule has 1 fully saturated rings. The van der Waals surface area contributed by atoms with Crippen LogP contribution in [-0.2, 0) is 17.7 Å². The quantitative estimate of drug-likeness (QED) is 0.788. The summed E-state index contributed by atoms with van der Waals surface area (Å²) in [4.78, 5) is 4.08. The van der Waals surface area contributed by atoms with Crippen molar-refractivity contribution in [1.29, 1.82) is 0 Å². The Labute approximate surface area is 144 Å².